The number of nitrogens with zero attached hydrogens (tertiary/aromatic N) is 4. The summed E-state index contributed by atoms with van der Waals surface area (Å²) in [6.07, 6.45) is 1.03. The van der Waals surface area contributed by atoms with Crippen LogP contribution in [0.25, 0.3) is 10.2 Å². The minimum atomic E-state index is 0.0681. The van der Waals surface area contributed by atoms with Crippen LogP contribution in [0.2, 0.25) is 0 Å². The number of aromatic nitrogens is 2. The molecule has 2 aromatic heterocycles. The Balaban J connectivity index is 1.44. The van der Waals surface area contributed by atoms with Crippen LogP contribution in [0.15, 0.2) is 30.3 Å². The average Bonchev–Trinajstić information content (AvgIpc) is 3.14. The van der Waals surface area contributed by atoms with Gasteiger partial charge in [0.1, 0.15) is 11.4 Å². The molecule has 0 aliphatic carbocycles. The van der Waals surface area contributed by atoms with E-state index in [2.05, 4.69) is 39.1 Å². The van der Waals surface area contributed by atoms with E-state index >= 15 is 0 Å². The molecule has 1 aliphatic heterocycles. The Kier molecular flexibility index (Phi) is 6.80. The molecule has 0 spiro atoms. The highest BCUT2D eigenvalue weighted by atomic mass is 32.1. The lowest BCUT2D eigenvalue weighted by Crippen LogP contribution is -2.49. The second kappa shape index (κ2) is 9.72. The summed E-state index contributed by atoms with van der Waals surface area (Å²) in [5.41, 5.74) is 2.24. The first-order valence-electron chi connectivity index (χ1n) is 10.5. The van der Waals surface area contributed by atoms with E-state index in [9.17, 15) is 4.79 Å². The van der Waals surface area contributed by atoms with Crippen molar-refractivity contribution in [2.75, 3.05) is 46.9 Å². The molecule has 3 heterocycles. The first kappa shape index (κ1) is 21.7. The first-order valence-corrected chi connectivity index (χ1v) is 11.3. The number of fused-ring (bicyclic) bond motifs is 1. The van der Waals surface area contributed by atoms with E-state index < -0.39 is 0 Å². The zero-order valence-electron chi connectivity index (χ0n) is 18.3. The van der Waals surface area contributed by atoms with Crippen LogP contribution in [-0.4, -0.2) is 72.6 Å². The zero-order valence-corrected chi connectivity index (χ0v) is 19.1. The van der Waals surface area contributed by atoms with Crippen LogP contribution in [-0.2, 0) is 17.8 Å². The number of amides is 1. The molecule has 1 aromatic carbocycles. The summed E-state index contributed by atoms with van der Waals surface area (Å²) >= 11 is 1.41. The van der Waals surface area contributed by atoms with Crippen molar-refractivity contribution >= 4 is 27.5 Å². The summed E-state index contributed by atoms with van der Waals surface area (Å²) in [5.74, 6) is 1.12. The third kappa shape index (κ3) is 4.71. The van der Waals surface area contributed by atoms with Crippen LogP contribution in [0.3, 0.4) is 0 Å². The van der Waals surface area contributed by atoms with Crippen LogP contribution in [0.4, 0.5) is 0 Å². The van der Waals surface area contributed by atoms with Crippen LogP contribution < -0.4 is 4.74 Å². The summed E-state index contributed by atoms with van der Waals surface area (Å²) < 4.78 is 10.6. The fourth-order valence-electron chi connectivity index (χ4n) is 3.94. The minimum absolute atomic E-state index is 0.0681. The molecule has 4 rings (SSSR count). The smallest absolute Gasteiger partial charge is 0.264 e. The Morgan fingerprint density at radius 2 is 1.84 bits per heavy atom. The number of carbonyl (C=O) groups is 1. The van der Waals surface area contributed by atoms with E-state index in [-0.39, 0.29) is 5.91 Å². The molecule has 0 unspecified atom stereocenters. The van der Waals surface area contributed by atoms with Crippen molar-refractivity contribution in [3.05, 3.63) is 52.2 Å². The first-order chi connectivity index (χ1) is 15.1. The van der Waals surface area contributed by atoms with Crippen molar-refractivity contribution in [3.63, 3.8) is 0 Å². The molecule has 1 amide bonds. The van der Waals surface area contributed by atoms with Gasteiger partial charge in [0.15, 0.2) is 5.82 Å². The second-order valence-electron chi connectivity index (χ2n) is 7.69. The summed E-state index contributed by atoms with van der Waals surface area (Å²) in [6.45, 7) is 6.52. The molecular weight excluding hydrogens is 412 g/mol. The van der Waals surface area contributed by atoms with E-state index in [1.807, 2.05) is 17.9 Å². The highest BCUT2D eigenvalue weighted by molar-refractivity contribution is 7.20. The van der Waals surface area contributed by atoms with Crippen molar-refractivity contribution in [2.45, 2.75) is 20.0 Å². The van der Waals surface area contributed by atoms with Gasteiger partial charge >= 0.3 is 0 Å². The number of methoxy groups -OCH3 is 2. The molecule has 0 atom stereocenters. The van der Waals surface area contributed by atoms with E-state index in [0.717, 1.165) is 59.8 Å². The number of hydrogen-bond acceptors (Lipinski definition) is 7. The molecule has 3 aromatic rings. The van der Waals surface area contributed by atoms with Gasteiger partial charge in [-0.25, -0.2) is 4.98 Å². The standard InChI is InChI=1S/C23H28N4O3S/c1-16-19-21(30-3)24-18(15-29-2)25-22(19)31-20(16)23(28)27-13-11-26(12-14-27)10-9-17-7-5-4-6-8-17/h4-8H,9-15H2,1-3H3. The van der Waals surface area contributed by atoms with Crippen LogP contribution in [0.1, 0.15) is 26.6 Å². The molecule has 0 N–H and O–H groups in total. The highest BCUT2D eigenvalue weighted by Gasteiger charge is 2.27. The number of hydrogen-bond donors (Lipinski definition) is 0. The summed E-state index contributed by atoms with van der Waals surface area (Å²) in [5, 5.41) is 0.817. The van der Waals surface area contributed by atoms with Crippen molar-refractivity contribution < 1.29 is 14.3 Å². The quantitative estimate of drug-likeness (QED) is 0.562. The lowest BCUT2D eigenvalue weighted by molar-refractivity contribution is 0.0643. The maximum absolute atomic E-state index is 13.3. The molecule has 0 saturated carbocycles. The summed E-state index contributed by atoms with van der Waals surface area (Å²) in [4.78, 5) is 28.2. The third-order valence-corrected chi connectivity index (χ3v) is 6.86. The van der Waals surface area contributed by atoms with Gasteiger partial charge in [0, 0.05) is 39.8 Å². The van der Waals surface area contributed by atoms with Crippen LogP contribution in [0.5, 0.6) is 5.88 Å². The lowest BCUT2D eigenvalue weighted by Gasteiger charge is -2.34. The maximum Gasteiger partial charge on any atom is 0.264 e. The van der Waals surface area contributed by atoms with E-state index in [0.29, 0.717) is 18.3 Å². The fraction of sp³-hybridized carbons (Fsp3) is 0.435. The third-order valence-electron chi connectivity index (χ3n) is 5.68. The van der Waals surface area contributed by atoms with Crippen molar-refractivity contribution in [2.24, 2.45) is 0 Å². The zero-order chi connectivity index (χ0) is 21.8. The van der Waals surface area contributed by atoms with Gasteiger partial charge in [-0.05, 0) is 24.5 Å². The van der Waals surface area contributed by atoms with Gasteiger partial charge in [-0.1, -0.05) is 30.3 Å². The minimum Gasteiger partial charge on any atom is -0.480 e. The molecule has 0 radical (unpaired) electrons. The number of aryl methyl sites for hydroxylation is 1. The summed E-state index contributed by atoms with van der Waals surface area (Å²) in [6, 6.07) is 10.5. The Bertz CT molecular complexity index is 1050. The molecule has 1 fully saturated rings. The second-order valence-corrected chi connectivity index (χ2v) is 8.69. The number of benzene rings is 1. The van der Waals surface area contributed by atoms with Gasteiger partial charge in [-0.2, -0.15) is 4.98 Å². The SMILES string of the molecule is COCc1nc(OC)c2c(C)c(C(=O)N3CCN(CCc4ccccc4)CC3)sc2n1. The number of rotatable bonds is 7. The number of carbonyl (C=O) groups excluding carboxylic acids is 1. The Morgan fingerprint density at radius 1 is 1.10 bits per heavy atom. The number of thiophene rings is 1. The summed E-state index contributed by atoms with van der Waals surface area (Å²) in [7, 11) is 3.19. The van der Waals surface area contributed by atoms with Gasteiger partial charge in [-0.3, -0.25) is 9.69 Å². The molecule has 1 aliphatic rings. The Labute approximate surface area is 186 Å². The Hall–Kier alpha value is -2.55. The normalized spacial score (nSPS) is 14.9. The van der Waals surface area contributed by atoms with Gasteiger partial charge in [0.25, 0.3) is 5.91 Å². The molecule has 8 heteroatoms. The number of piperazine rings is 1. The number of ether oxygens (including phenoxy) is 2. The van der Waals surface area contributed by atoms with E-state index in [1.54, 1.807) is 14.2 Å². The molecular formula is C23H28N4O3S. The van der Waals surface area contributed by atoms with Crippen LogP contribution >= 0.6 is 11.3 Å². The van der Waals surface area contributed by atoms with Gasteiger partial charge in [-0.15, -0.1) is 11.3 Å². The topological polar surface area (TPSA) is 67.8 Å². The maximum atomic E-state index is 13.3. The molecule has 0 bridgehead atoms. The van der Waals surface area contributed by atoms with E-state index in [4.69, 9.17) is 9.47 Å². The molecule has 31 heavy (non-hydrogen) atoms. The van der Waals surface area contributed by atoms with Crippen molar-refractivity contribution in [1.82, 2.24) is 19.8 Å². The van der Waals surface area contributed by atoms with Crippen molar-refractivity contribution in [3.8, 4) is 5.88 Å². The predicted octanol–water partition coefficient (Wildman–Crippen LogP) is 3.16. The van der Waals surface area contributed by atoms with E-state index in [1.165, 1.54) is 16.9 Å². The fourth-order valence-corrected chi connectivity index (χ4v) is 5.10. The largest absolute Gasteiger partial charge is 0.480 e. The van der Waals surface area contributed by atoms with Crippen LogP contribution in [0, 0.1) is 6.92 Å². The monoisotopic (exact) mass is 440 g/mol. The Morgan fingerprint density at radius 3 is 2.52 bits per heavy atom. The molecule has 1 saturated heterocycles. The molecule has 7 nitrogen and oxygen atoms in total. The predicted molar refractivity (Wildman–Crippen MR) is 122 cm³/mol. The van der Waals surface area contributed by atoms with Crippen molar-refractivity contribution in [1.29, 1.82) is 0 Å². The highest BCUT2D eigenvalue weighted by Crippen LogP contribution is 2.35. The molecule has 164 valence electrons. The van der Waals surface area contributed by atoms with Gasteiger partial charge in [0.05, 0.1) is 17.4 Å². The van der Waals surface area contributed by atoms with Gasteiger partial charge < -0.3 is 14.4 Å². The lowest BCUT2D eigenvalue weighted by atomic mass is 10.1. The average molecular weight is 441 g/mol. The van der Waals surface area contributed by atoms with Gasteiger partial charge in [0.2, 0.25) is 5.88 Å².